The highest BCUT2D eigenvalue weighted by atomic mass is 79.9. The molecule has 2 N–H and O–H groups in total. The van der Waals surface area contributed by atoms with Crippen LogP contribution in [-0.4, -0.2) is 4.98 Å². The van der Waals surface area contributed by atoms with Crippen molar-refractivity contribution in [2.45, 2.75) is 6.85 Å². The quantitative estimate of drug-likeness (QED) is 0.676. The lowest BCUT2D eigenvalue weighted by atomic mass is 10.3. The van der Waals surface area contributed by atoms with Crippen LogP contribution in [-0.2, 0) is 0 Å². The molecule has 0 aliphatic rings. The van der Waals surface area contributed by atoms with Gasteiger partial charge >= 0.3 is 0 Å². The van der Waals surface area contributed by atoms with Crippen molar-refractivity contribution in [3.8, 4) is 0 Å². The predicted octanol–water partition coefficient (Wildman–Crippen LogP) is 1.73. The van der Waals surface area contributed by atoms with Gasteiger partial charge in [0.1, 0.15) is 0 Å². The molecule has 0 aliphatic heterocycles. The molecule has 1 aromatic rings. The molecule has 0 aromatic carbocycles. The Morgan fingerprint density at radius 2 is 2.67 bits per heavy atom. The first-order valence-corrected chi connectivity index (χ1v) is 3.12. The second-order valence-electron chi connectivity index (χ2n) is 1.59. The molecular formula is C6H7BrN2. The van der Waals surface area contributed by atoms with Gasteiger partial charge in [0.05, 0.1) is 4.47 Å². The zero-order chi connectivity index (χ0) is 9.35. The van der Waals surface area contributed by atoms with E-state index in [1.165, 1.54) is 12.3 Å². The average Bonchev–Trinajstić information content (AvgIpc) is 1.92. The first kappa shape index (κ1) is 3.56. The number of hydrogen-bond acceptors (Lipinski definition) is 2. The van der Waals surface area contributed by atoms with Crippen molar-refractivity contribution in [2.75, 3.05) is 5.73 Å². The van der Waals surface area contributed by atoms with E-state index in [0.29, 0.717) is 10.2 Å². The lowest BCUT2D eigenvalue weighted by Crippen LogP contribution is -1.88. The molecule has 0 bridgehead atoms. The van der Waals surface area contributed by atoms with Crippen LogP contribution in [0.3, 0.4) is 0 Å². The number of hydrogen-bond donors (Lipinski definition) is 1. The molecule has 0 spiro atoms. The van der Waals surface area contributed by atoms with Crippen LogP contribution in [0.1, 0.15) is 9.81 Å². The first-order valence-electron chi connectivity index (χ1n) is 3.83. The van der Waals surface area contributed by atoms with E-state index in [0.717, 1.165) is 0 Å². The Kier molecular flexibility index (Phi) is 0.931. The average molecular weight is 190 g/mol. The highest BCUT2D eigenvalue weighted by Crippen LogP contribution is 2.17. The summed E-state index contributed by atoms with van der Waals surface area (Å²) in [5.41, 5.74) is 5.88. The van der Waals surface area contributed by atoms with Gasteiger partial charge in [-0.3, -0.25) is 4.98 Å². The maximum atomic E-state index is 7.04. The van der Waals surface area contributed by atoms with Gasteiger partial charge in [-0.1, -0.05) is 0 Å². The van der Waals surface area contributed by atoms with Gasteiger partial charge in [0.25, 0.3) is 0 Å². The molecule has 0 amide bonds. The van der Waals surface area contributed by atoms with Crippen LogP contribution < -0.4 is 5.73 Å². The monoisotopic (exact) mass is 189 g/mol. The molecule has 0 saturated carbocycles. The molecule has 2 nitrogen and oxygen atoms in total. The molecule has 1 heterocycles. The van der Waals surface area contributed by atoms with Gasteiger partial charge < -0.3 is 5.73 Å². The molecule has 0 atom stereocenters. The van der Waals surface area contributed by atoms with Crippen molar-refractivity contribution in [1.82, 2.24) is 4.98 Å². The Bertz CT molecular complexity index is 297. The lowest BCUT2D eigenvalue weighted by Gasteiger charge is -1.96. The van der Waals surface area contributed by atoms with Crippen LogP contribution in [0, 0.1) is 6.85 Å². The summed E-state index contributed by atoms with van der Waals surface area (Å²) in [4.78, 5) is 3.72. The number of anilines is 1. The summed E-state index contributed by atoms with van der Waals surface area (Å²) in [5, 5.41) is 0. The molecule has 3 heteroatoms. The SMILES string of the molecule is [2H]C([2H])([2H])c1cc(N)c(Br)cn1. The normalized spacial score (nSPS) is 15.9. The van der Waals surface area contributed by atoms with Gasteiger partial charge in [0.2, 0.25) is 0 Å². The molecule has 48 valence electrons. The third-order valence-corrected chi connectivity index (χ3v) is 1.55. The van der Waals surface area contributed by atoms with Crippen molar-refractivity contribution in [3.63, 3.8) is 0 Å². The Morgan fingerprint density at radius 1 is 1.89 bits per heavy atom. The van der Waals surface area contributed by atoms with E-state index in [1.54, 1.807) is 0 Å². The minimum Gasteiger partial charge on any atom is -0.398 e. The predicted molar refractivity (Wildman–Crippen MR) is 41.1 cm³/mol. The Hall–Kier alpha value is -0.570. The van der Waals surface area contributed by atoms with E-state index in [9.17, 15) is 0 Å². The van der Waals surface area contributed by atoms with E-state index in [1.807, 2.05) is 0 Å². The number of nitrogens with zero attached hydrogens (tertiary/aromatic N) is 1. The fraction of sp³-hybridized carbons (Fsp3) is 0.167. The summed E-state index contributed by atoms with van der Waals surface area (Å²) in [6, 6.07) is 1.34. The van der Waals surface area contributed by atoms with Crippen LogP contribution in [0.2, 0.25) is 0 Å². The topological polar surface area (TPSA) is 38.9 Å². The number of rotatable bonds is 0. The number of halogens is 1. The summed E-state index contributed by atoms with van der Waals surface area (Å²) in [7, 11) is 0. The highest BCUT2D eigenvalue weighted by Gasteiger charge is 1.92. The van der Waals surface area contributed by atoms with Gasteiger partial charge in [-0.05, 0) is 28.8 Å². The summed E-state index contributed by atoms with van der Waals surface area (Å²) in [6.45, 7) is -2.19. The number of nitrogen functional groups attached to an aromatic ring is 1. The third kappa shape index (κ3) is 1.42. The van der Waals surface area contributed by atoms with E-state index in [4.69, 9.17) is 9.85 Å². The molecule has 0 unspecified atom stereocenters. The first-order chi connectivity index (χ1) is 5.41. The standard InChI is InChI=1S/C6H7BrN2/c1-4-2-6(8)5(7)3-9-4/h2-3H,1H3,(H2,8,9)/i1D3. The number of aryl methyl sites for hydroxylation is 1. The summed E-state index contributed by atoms with van der Waals surface area (Å²) in [6.07, 6.45) is 1.39. The van der Waals surface area contributed by atoms with E-state index < -0.39 is 6.85 Å². The number of nitrogens with two attached hydrogens (primary N) is 1. The van der Waals surface area contributed by atoms with Crippen molar-refractivity contribution < 1.29 is 4.11 Å². The van der Waals surface area contributed by atoms with Gasteiger partial charge in [-0.2, -0.15) is 0 Å². The van der Waals surface area contributed by atoms with Gasteiger partial charge in [-0.25, -0.2) is 0 Å². The van der Waals surface area contributed by atoms with E-state index in [2.05, 4.69) is 20.9 Å². The number of pyridine rings is 1. The highest BCUT2D eigenvalue weighted by molar-refractivity contribution is 9.10. The van der Waals surface area contributed by atoms with Crippen LogP contribution in [0.5, 0.6) is 0 Å². The molecule has 0 radical (unpaired) electrons. The lowest BCUT2D eigenvalue weighted by molar-refractivity contribution is 1.19. The van der Waals surface area contributed by atoms with Crippen LogP contribution >= 0.6 is 15.9 Å². The molecule has 0 fully saturated rings. The minimum absolute atomic E-state index is 0.0169. The van der Waals surface area contributed by atoms with Crippen LogP contribution in [0.15, 0.2) is 16.7 Å². The molecule has 0 saturated heterocycles. The second-order valence-corrected chi connectivity index (χ2v) is 2.45. The smallest absolute Gasteiger partial charge is 0.0588 e. The molecule has 1 aromatic heterocycles. The van der Waals surface area contributed by atoms with E-state index in [-0.39, 0.29) is 5.69 Å². The van der Waals surface area contributed by atoms with Crippen LogP contribution in [0.4, 0.5) is 5.69 Å². The number of aromatic nitrogens is 1. The molecule has 0 aliphatic carbocycles. The van der Waals surface area contributed by atoms with Crippen molar-refractivity contribution in [3.05, 3.63) is 22.4 Å². The maximum absolute atomic E-state index is 7.04. The Morgan fingerprint density at radius 3 is 3.22 bits per heavy atom. The zero-order valence-electron chi connectivity index (χ0n) is 7.56. The van der Waals surface area contributed by atoms with Crippen molar-refractivity contribution in [2.24, 2.45) is 0 Å². The van der Waals surface area contributed by atoms with E-state index >= 15 is 0 Å². The molecule has 1 rings (SSSR count). The summed E-state index contributed by atoms with van der Waals surface area (Å²) >= 11 is 3.12. The minimum atomic E-state index is -2.19. The molecular weight excluding hydrogens is 180 g/mol. The maximum Gasteiger partial charge on any atom is 0.0588 e. The fourth-order valence-corrected chi connectivity index (χ4v) is 0.671. The Balaban J connectivity index is 3.14. The van der Waals surface area contributed by atoms with Gasteiger partial charge in [0, 0.05) is 21.7 Å². The van der Waals surface area contributed by atoms with Crippen molar-refractivity contribution in [1.29, 1.82) is 0 Å². The summed E-state index contributed by atoms with van der Waals surface area (Å²) < 4.78 is 21.7. The zero-order valence-corrected chi connectivity index (χ0v) is 6.14. The third-order valence-electron chi connectivity index (χ3n) is 0.885. The fourth-order valence-electron chi connectivity index (χ4n) is 0.454. The molecule has 9 heavy (non-hydrogen) atoms. The Labute approximate surface area is 66.4 Å². The van der Waals surface area contributed by atoms with Gasteiger partial charge in [0.15, 0.2) is 0 Å². The van der Waals surface area contributed by atoms with Gasteiger partial charge in [-0.15, -0.1) is 0 Å². The second kappa shape index (κ2) is 2.35. The van der Waals surface area contributed by atoms with Crippen molar-refractivity contribution >= 4 is 21.6 Å². The largest absolute Gasteiger partial charge is 0.398 e. The summed E-state index contributed by atoms with van der Waals surface area (Å²) in [5.74, 6) is 0. The van der Waals surface area contributed by atoms with Crippen LogP contribution in [0.25, 0.3) is 0 Å².